The van der Waals surface area contributed by atoms with Crippen LogP contribution in [-0.2, 0) is 17.6 Å². The van der Waals surface area contributed by atoms with E-state index < -0.39 is 31.0 Å². The first kappa shape index (κ1) is 34.8. The SMILES string of the molecule is COc1cc(CC2C(O)CSSC(CCO)c3cc(O)c(OC4CCCC4)cc3CCC(OCO)CC2O)cc(OC)c1O. The number of ether oxygens (including phenoxy) is 4. The quantitative estimate of drug-likeness (QED) is 0.158. The van der Waals surface area contributed by atoms with Crippen LogP contribution in [0.15, 0.2) is 24.3 Å². The second-order valence-corrected chi connectivity index (χ2v) is 14.1. The Hall–Kier alpha value is -2.06. The van der Waals surface area contributed by atoms with E-state index in [0.717, 1.165) is 36.8 Å². The van der Waals surface area contributed by atoms with Crippen LogP contribution in [-0.4, -0.2) is 88.4 Å². The number of benzene rings is 2. The minimum Gasteiger partial charge on any atom is -0.504 e. The van der Waals surface area contributed by atoms with E-state index in [4.69, 9.17) is 18.9 Å². The Bertz CT molecular complexity index is 1170. The van der Waals surface area contributed by atoms with Crippen LogP contribution < -0.4 is 14.2 Å². The number of hydrogen-bond acceptors (Lipinski definition) is 12. The maximum Gasteiger partial charge on any atom is 0.200 e. The minimum absolute atomic E-state index is 0.0522. The molecule has 12 heteroatoms. The lowest BCUT2D eigenvalue weighted by Crippen LogP contribution is -2.38. The van der Waals surface area contributed by atoms with E-state index in [2.05, 4.69) is 0 Å². The number of aliphatic hydroxyl groups is 4. The molecule has 1 aliphatic carbocycles. The van der Waals surface area contributed by atoms with E-state index in [1.807, 2.05) is 6.07 Å². The Morgan fingerprint density at radius 3 is 2.20 bits per heavy atom. The van der Waals surface area contributed by atoms with Crippen molar-refractivity contribution in [2.75, 3.05) is 33.4 Å². The molecule has 2 aliphatic rings. The van der Waals surface area contributed by atoms with Crippen molar-refractivity contribution in [3.8, 4) is 28.7 Å². The van der Waals surface area contributed by atoms with Crippen LogP contribution in [0.4, 0.5) is 0 Å². The highest BCUT2D eigenvalue weighted by molar-refractivity contribution is 8.76. The summed E-state index contributed by atoms with van der Waals surface area (Å²) < 4.78 is 22.5. The highest BCUT2D eigenvalue weighted by Gasteiger charge is 2.32. The van der Waals surface area contributed by atoms with Gasteiger partial charge in [0, 0.05) is 23.5 Å². The molecule has 6 N–H and O–H groups in total. The van der Waals surface area contributed by atoms with Crippen molar-refractivity contribution in [2.24, 2.45) is 5.92 Å². The molecule has 2 aromatic rings. The molecule has 246 valence electrons. The van der Waals surface area contributed by atoms with Gasteiger partial charge in [0.15, 0.2) is 23.0 Å². The number of phenols is 2. The monoisotopic (exact) mass is 654 g/mol. The van der Waals surface area contributed by atoms with Crippen molar-refractivity contribution >= 4 is 21.6 Å². The maximum atomic E-state index is 11.5. The summed E-state index contributed by atoms with van der Waals surface area (Å²) in [5.41, 5.74) is 2.53. The average Bonchev–Trinajstić information content (AvgIpc) is 3.52. The molecule has 1 saturated carbocycles. The Labute approximate surface area is 267 Å². The number of rotatable bonds is 10. The Morgan fingerprint density at radius 2 is 1.57 bits per heavy atom. The number of aromatic hydroxyl groups is 2. The summed E-state index contributed by atoms with van der Waals surface area (Å²) in [6, 6.07) is 6.93. The van der Waals surface area contributed by atoms with Crippen molar-refractivity contribution in [1.82, 2.24) is 0 Å². The lowest BCUT2D eigenvalue weighted by atomic mass is 9.85. The van der Waals surface area contributed by atoms with Crippen LogP contribution in [0, 0.1) is 5.92 Å². The molecule has 4 rings (SSSR count). The average molecular weight is 655 g/mol. The first-order chi connectivity index (χ1) is 21.3. The molecule has 0 aromatic heterocycles. The van der Waals surface area contributed by atoms with Gasteiger partial charge in [0.25, 0.3) is 0 Å². The van der Waals surface area contributed by atoms with E-state index in [1.165, 1.54) is 35.8 Å². The molecule has 0 spiro atoms. The van der Waals surface area contributed by atoms with Gasteiger partial charge in [0.2, 0.25) is 5.75 Å². The summed E-state index contributed by atoms with van der Waals surface area (Å²) in [5, 5.41) is 63.7. The van der Waals surface area contributed by atoms with Gasteiger partial charge in [-0.05, 0) is 98.7 Å². The first-order valence-corrected chi connectivity index (χ1v) is 17.6. The van der Waals surface area contributed by atoms with Gasteiger partial charge in [-0.15, -0.1) is 0 Å². The van der Waals surface area contributed by atoms with Crippen molar-refractivity contribution < 1.29 is 49.6 Å². The largest absolute Gasteiger partial charge is 0.504 e. The lowest BCUT2D eigenvalue weighted by Gasteiger charge is -2.30. The molecule has 44 heavy (non-hydrogen) atoms. The smallest absolute Gasteiger partial charge is 0.200 e. The summed E-state index contributed by atoms with van der Waals surface area (Å²) in [5.74, 6) is 0.502. The van der Waals surface area contributed by atoms with E-state index >= 15 is 0 Å². The first-order valence-electron chi connectivity index (χ1n) is 15.2. The molecule has 1 heterocycles. The maximum absolute atomic E-state index is 11.5. The van der Waals surface area contributed by atoms with E-state index in [9.17, 15) is 30.6 Å². The predicted octanol–water partition coefficient (Wildman–Crippen LogP) is 4.49. The number of phenolic OH excluding ortho intramolecular Hbond substituents is 2. The zero-order valence-electron chi connectivity index (χ0n) is 25.4. The topological polar surface area (TPSA) is 158 Å². The van der Waals surface area contributed by atoms with Crippen LogP contribution in [0.5, 0.6) is 28.7 Å². The third-order valence-electron chi connectivity index (χ3n) is 8.53. The van der Waals surface area contributed by atoms with E-state index in [-0.39, 0.29) is 59.6 Å². The Kier molecular flexibility index (Phi) is 13.5. The molecular formula is C32H46O10S2. The van der Waals surface area contributed by atoms with Crippen LogP contribution in [0.1, 0.15) is 66.9 Å². The number of methoxy groups -OCH3 is 2. The second kappa shape index (κ2) is 17.0. The highest BCUT2D eigenvalue weighted by Crippen LogP contribution is 2.46. The molecule has 0 bridgehead atoms. The van der Waals surface area contributed by atoms with Gasteiger partial charge >= 0.3 is 0 Å². The van der Waals surface area contributed by atoms with Gasteiger partial charge < -0.3 is 49.6 Å². The zero-order chi connectivity index (χ0) is 31.6. The zero-order valence-corrected chi connectivity index (χ0v) is 27.0. The van der Waals surface area contributed by atoms with Gasteiger partial charge in [-0.25, -0.2) is 0 Å². The van der Waals surface area contributed by atoms with Crippen molar-refractivity contribution in [3.05, 3.63) is 41.0 Å². The normalized spacial score (nSPS) is 25.4. The molecule has 1 aliphatic heterocycles. The molecule has 10 nitrogen and oxygen atoms in total. The molecule has 1 fully saturated rings. The van der Waals surface area contributed by atoms with E-state index in [1.54, 1.807) is 18.2 Å². The van der Waals surface area contributed by atoms with Gasteiger partial charge in [-0.1, -0.05) is 21.6 Å². The molecule has 5 atom stereocenters. The molecule has 0 saturated heterocycles. The lowest BCUT2D eigenvalue weighted by molar-refractivity contribution is -0.0808. The third-order valence-corrected chi connectivity index (χ3v) is 11.4. The number of aliphatic hydroxyl groups excluding tert-OH is 4. The predicted molar refractivity (Wildman–Crippen MR) is 171 cm³/mol. The Morgan fingerprint density at radius 1 is 0.864 bits per heavy atom. The summed E-state index contributed by atoms with van der Waals surface area (Å²) in [6.45, 7) is -0.572. The minimum atomic E-state index is -0.979. The van der Waals surface area contributed by atoms with Crippen LogP contribution in [0.2, 0.25) is 0 Å². The Balaban J connectivity index is 1.64. The molecule has 5 unspecified atom stereocenters. The molecular weight excluding hydrogens is 608 g/mol. The van der Waals surface area contributed by atoms with E-state index in [0.29, 0.717) is 30.6 Å². The summed E-state index contributed by atoms with van der Waals surface area (Å²) >= 11 is 0. The van der Waals surface area contributed by atoms with Gasteiger partial charge in [0.1, 0.15) is 6.79 Å². The fraction of sp³-hybridized carbons (Fsp3) is 0.625. The van der Waals surface area contributed by atoms with Crippen LogP contribution in [0.3, 0.4) is 0 Å². The third kappa shape index (κ3) is 9.02. The fourth-order valence-corrected chi connectivity index (χ4v) is 9.01. The van der Waals surface area contributed by atoms with Gasteiger partial charge in [0.05, 0.1) is 38.6 Å². The summed E-state index contributed by atoms with van der Waals surface area (Å²) in [7, 11) is 5.84. The van der Waals surface area contributed by atoms with Crippen LogP contribution in [0.25, 0.3) is 0 Å². The van der Waals surface area contributed by atoms with Crippen LogP contribution >= 0.6 is 21.6 Å². The van der Waals surface area contributed by atoms with Crippen molar-refractivity contribution in [2.45, 2.75) is 87.5 Å². The second-order valence-electron chi connectivity index (χ2n) is 11.5. The van der Waals surface area contributed by atoms with Crippen molar-refractivity contribution in [1.29, 1.82) is 0 Å². The fourth-order valence-electron chi connectivity index (χ4n) is 6.11. The number of fused-ring (bicyclic) bond motifs is 1. The van der Waals surface area contributed by atoms with Gasteiger partial charge in [-0.2, -0.15) is 0 Å². The number of hydrogen-bond donors (Lipinski definition) is 6. The van der Waals surface area contributed by atoms with Gasteiger partial charge in [-0.3, -0.25) is 0 Å². The molecule has 0 amide bonds. The highest BCUT2D eigenvalue weighted by atomic mass is 33.1. The standard InChI is InChI=1S/C32H46O10S2/c1-39-29-12-19(13-30(40-2)32(29)38)11-24-25(35)15-22(41-18-34)8-7-20-14-28(42-21-5-3-4-6-21)26(36)16-23(20)31(9-10-33)44-43-17-27(24)37/h12-14,16,21-22,24-25,27,31,33-38H,3-11,15,17-18H2,1-2H3. The van der Waals surface area contributed by atoms with Crippen molar-refractivity contribution in [3.63, 3.8) is 0 Å². The molecule has 2 aromatic carbocycles. The number of aryl methyl sites for hydroxylation is 1. The summed E-state index contributed by atoms with van der Waals surface area (Å²) in [6.07, 6.45) is 3.63. The molecule has 0 radical (unpaired) electrons. The summed E-state index contributed by atoms with van der Waals surface area (Å²) in [4.78, 5) is 0.